The Morgan fingerprint density at radius 3 is 2.07 bits per heavy atom. The standard InChI is InChI=1S/C20H29N3O4S/c1-15-4-5-19(16(2)14-15)28(26,27)23-12-10-22(11-13-23)20(25)18-6-8-21(9-7-18)17(3)24/h4-5,14,18H,6-13H2,1-3H3. The van der Waals surface area contributed by atoms with Crippen molar-refractivity contribution in [2.45, 2.75) is 38.5 Å². The fourth-order valence-corrected chi connectivity index (χ4v) is 5.70. The van der Waals surface area contributed by atoms with Crippen LogP contribution in [0.3, 0.4) is 0 Å². The molecule has 0 bridgehead atoms. The molecule has 0 atom stereocenters. The van der Waals surface area contributed by atoms with E-state index in [-0.39, 0.29) is 17.7 Å². The van der Waals surface area contributed by atoms with E-state index >= 15 is 0 Å². The van der Waals surface area contributed by atoms with Crippen LogP contribution in [0.5, 0.6) is 0 Å². The van der Waals surface area contributed by atoms with Crippen molar-refractivity contribution in [3.05, 3.63) is 29.3 Å². The van der Waals surface area contributed by atoms with E-state index in [4.69, 9.17) is 0 Å². The maximum absolute atomic E-state index is 13.0. The summed E-state index contributed by atoms with van der Waals surface area (Å²) in [6, 6.07) is 5.35. The van der Waals surface area contributed by atoms with Gasteiger partial charge in [0, 0.05) is 52.1 Å². The second-order valence-electron chi connectivity index (χ2n) is 7.78. The van der Waals surface area contributed by atoms with Gasteiger partial charge in [-0.05, 0) is 38.3 Å². The zero-order chi connectivity index (χ0) is 20.5. The van der Waals surface area contributed by atoms with Crippen LogP contribution < -0.4 is 0 Å². The minimum absolute atomic E-state index is 0.0520. The molecule has 0 aliphatic carbocycles. The van der Waals surface area contributed by atoms with Gasteiger partial charge < -0.3 is 9.80 Å². The highest BCUT2D eigenvalue weighted by molar-refractivity contribution is 7.89. The number of piperidine rings is 1. The van der Waals surface area contributed by atoms with Gasteiger partial charge in [-0.2, -0.15) is 4.31 Å². The number of likely N-dealkylation sites (tertiary alicyclic amines) is 1. The Labute approximate surface area is 167 Å². The van der Waals surface area contributed by atoms with Gasteiger partial charge in [0.1, 0.15) is 0 Å². The van der Waals surface area contributed by atoms with Gasteiger partial charge in [0.2, 0.25) is 21.8 Å². The van der Waals surface area contributed by atoms with Crippen LogP contribution in [0.15, 0.2) is 23.1 Å². The Hall–Kier alpha value is -1.93. The Bertz CT molecular complexity index is 852. The molecule has 2 aliphatic heterocycles. The van der Waals surface area contributed by atoms with Crippen molar-refractivity contribution in [2.24, 2.45) is 5.92 Å². The number of hydrogen-bond donors (Lipinski definition) is 0. The third kappa shape index (κ3) is 4.22. The molecule has 0 radical (unpaired) electrons. The smallest absolute Gasteiger partial charge is 0.243 e. The summed E-state index contributed by atoms with van der Waals surface area (Å²) >= 11 is 0. The van der Waals surface area contributed by atoms with E-state index in [2.05, 4.69) is 0 Å². The Morgan fingerprint density at radius 1 is 0.929 bits per heavy atom. The molecule has 1 aromatic carbocycles. The third-order valence-corrected chi connectivity index (χ3v) is 7.85. The maximum atomic E-state index is 13.0. The number of benzene rings is 1. The molecule has 28 heavy (non-hydrogen) atoms. The number of carbonyl (C=O) groups excluding carboxylic acids is 2. The van der Waals surface area contributed by atoms with Crippen LogP contribution in [-0.4, -0.2) is 73.6 Å². The molecule has 0 aromatic heterocycles. The number of rotatable bonds is 3. The molecule has 0 unspecified atom stereocenters. The quantitative estimate of drug-likeness (QED) is 0.759. The summed E-state index contributed by atoms with van der Waals surface area (Å²) in [6.45, 7) is 7.99. The highest BCUT2D eigenvalue weighted by atomic mass is 32.2. The lowest BCUT2D eigenvalue weighted by Crippen LogP contribution is -2.53. The number of nitrogens with zero attached hydrogens (tertiary/aromatic N) is 3. The summed E-state index contributed by atoms with van der Waals surface area (Å²) < 4.78 is 27.4. The van der Waals surface area contributed by atoms with E-state index in [1.165, 1.54) is 4.31 Å². The minimum atomic E-state index is -3.55. The summed E-state index contributed by atoms with van der Waals surface area (Å²) in [5.41, 5.74) is 1.78. The van der Waals surface area contributed by atoms with E-state index in [0.29, 0.717) is 57.0 Å². The predicted molar refractivity (Wildman–Crippen MR) is 106 cm³/mol. The van der Waals surface area contributed by atoms with Crippen molar-refractivity contribution in [2.75, 3.05) is 39.3 Å². The second-order valence-corrected chi connectivity index (χ2v) is 9.69. The normalized spacial score (nSPS) is 19.7. The fraction of sp³-hybridized carbons (Fsp3) is 0.600. The number of piperazine rings is 1. The molecule has 0 spiro atoms. The van der Waals surface area contributed by atoms with Crippen LogP contribution in [0.25, 0.3) is 0 Å². The van der Waals surface area contributed by atoms with Gasteiger partial charge in [-0.3, -0.25) is 9.59 Å². The summed E-state index contributed by atoms with van der Waals surface area (Å²) in [5.74, 6) is 0.0704. The zero-order valence-corrected chi connectivity index (χ0v) is 17.7. The van der Waals surface area contributed by atoms with Crippen LogP contribution in [0.4, 0.5) is 0 Å². The van der Waals surface area contributed by atoms with Crippen molar-refractivity contribution in [1.29, 1.82) is 0 Å². The lowest BCUT2D eigenvalue weighted by molar-refractivity contribution is -0.141. The molecule has 3 rings (SSSR count). The molecule has 0 N–H and O–H groups in total. The van der Waals surface area contributed by atoms with Gasteiger partial charge in [0.15, 0.2) is 0 Å². The highest BCUT2D eigenvalue weighted by Gasteiger charge is 2.34. The fourth-order valence-electron chi connectivity index (χ4n) is 4.08. The molecule has 7 nitrogen and oxygen atoms in total. The average molecular weight is 408 g/mol. The number of amides is 2. The van der Waals surface area contributed by atoms with E-state index in [0.717, 1.165) is 11.1 Å². The van der Waals surface area contributed by atoms with Crippen molar-refractivity contribution >= 4 is 21.8 Å². The van der Waals surface area contributed by atoms with Gasteiger partial charge >= 0.3 is 0 Å². The first-order valence-corrected chi connectivity index (χ1v) is 11.3. The van der Waals surface area contributed by atoms with Crippen LogP contribution in [0, 0.1) is 19.8 Å². The molecule has 2 fully saturated rings. The summed E-state index contributed by atoms with van der Waals surface area (Å²) in [7, 11) is -3.55. The molecule has 1 aromatic rings. The maximum Gasteiger partial charge on any atom is 0.243 e. The van der Waals surface area contributed by atoms with E-state index in [1.807, 2.05) is 26.0 Å². The molecule has 8 heteroatoms. The molecular weight excluding hydrogens is 378 g/mol. The first-order chi connectivity index (χ1) is 13.2. The number of aryl methyl sites for hydroxylation is 2. The SMILES string of the molecule is CC(=O)N1CCC(C(=O)N2CCN(S(=O)(=O)c3ccc(C)cc3C)CC2)CC1. The first-order valence-electron chi connectivity index (χ1n) is 9.82. The molecule has 154 valence electrons. The van der Waals surface area contributed by atoms with Crippen LogP contribution in [-0.2, 0) is 19.6 Å². The van der Waals surface area contributed by atoms with Gasteiger partial charge in [-0.15, -0.1) is 0 Å². The molecule has 0 saturated carbocycles. The topological polar surface area (TPSA) is 78.0 Å². The number of carbonyl (C=O) groups is 2. The van der Waals surface area contributed by atoms with Gasteiger partial charge in [0.05, 0.1) is 4.90 Å². The molecular formula is C20H29N3O4S. The lowest BCUT2D eigenvalue weighted by atomic mass is 9.95. The van der Waals surface area contributed by atoms with Crippen molar-refractivity contribution in [3.63, 3.8) is 0 Å². The Morgan fingerprint density at radius 2 is 1.54 bits per heavy atom. The molecule has 2 aliphatic rings. The molecule has 2 heterocycles. The molecule has 2 amide bonds. The second kappa shape index (κ2) is 8.21. The van der Waals surface area contributed by atoms with Gasteiger partial charge in [-0.25, -0.2) is 8.42 Å². The van der Waals surface area contributed by atoms with Crippen molar-refractivity contribution < 1.29 is 18.0 Å². The van der Waals surface area contributed by atoms with Crippen LogP contribution in [0.1, 0.15) is 30.9 Å². The van der Waals surface area contributed by atoms with Crippen molar-refractivity contribution in [1.82, 2.24) is 14.1 Å². The van der Waals surface area contributed by atoms with E-state index in [9.17, 15) is 18.0 Å². The van der Waals surface area contributed by atoms with Crippen LogP contribution in [0.2, 0.25) is 0 Å². The average Bonchev–Trinajstić information content (AvgIpc) is 2.67. The largest absolute Gasteiger partial charge is 0.343 e. The van der Waals surface area contributed by atoms with Crippen molar-refractivity contribution in [3.8, 4) is 0 Å². The first kappa shape index (κ1) is 20.8. The van der Waals surface area contributed by atoms with Crippen LogP contribution >= 0.6 is 0 Å². The third-order valence-electron chi connectivity index (χ3n) is 5.79. The van der Waals surface area contributed by atoms with E-state index in [1.54, 1.807) is 22.8 Å². The summed E-state index contributed by atoms with van der Waals surface area (Å²) in [5, 5.41) is 0. The highest BCUT2D eigenvalue weighted by Crippen LogP contribution is 2.24. The monoisotopic (exact) mass is 407 g/mol. The summed E-state index contributed by atoms with van der Waals surface area (Å²) in [4.78, 5) is 28.1. The zero-order valence-electron chi connectivity index (χ0n) is 16.8. The minimum Gasteiger partial charge on any atom is -0.343 e. The Balaban J connectivity index is 1.60. The lowest BCUT2D eigenvalue weighted by Gasteiger charge is -2.38. The van der Waals surface area contributed by atoms with E-state index < -0.39 is 10.0 Å². The summed E-state index contributed by atoms with van der Waals surface area (Å²) in [6.07, 6.45) is 1.36. The van der Waals surface area contributed by atoms with Gasteiger partial charge in [-0.1, -0.05) is 17.7 Å². The number of sulfonamides is 1. The molecule has 2 saturated heterocycles. The Kier molecular flexibility index (Phi) is 6.09. The van der Waals surface area contributed by atoms with Gasteiger partial charge in [0.25, 0.3) is 0 Å². The predicted octanol–water partition coefficient (Wildman–Crippen LogP) is 1.39. The number of hydrogen-bond acceptors (Lipinski definition) is 4.